The Labute approximate surface area is 164 Å². The van der Waals surface area contributed by atoms with Crippen molar-refractivity contribution in [1.82, 2.24) is 19.9 Å². The summed E-state index contributed by atoms with van der Waals surface area (Å²) in [7, 11) is 0. The van der Waals surface area contributed by atoms with Crippen LogP contribution in [0.2, 0.25) is 0 Å². The fraction of sp³-hybridized carbons (Fsp3) is 0.409. The molecule has 1 saturated carbocycles. The summed E-state index contributed by atoms with van der Waals surface area (Å²) in [4.78, 5) is 21.0. The van der Waals surface area contributed by atoms with E-state index in [0.717, 1.165) is 48.2 Å². The van der Waals surface area contributed by atoms with Gasteiger partial charge in [-0.25, -0.2) is 4.98 Å². The lowest BCUT2D eigenvalue weighted by atomic mass is 9.93. The molecular weight excluding hydrogens is 352 g/mol. The number of rotatable bonds is 6. The predicted molar refractivity (Wildman–Crippen MR) is 108 cm³/mol. The topological polar surface area (TPSA) is 69.0 Å². The van der Waals surface area contributed by atoms with Gasteiger partial charge in [-0.2, -0.15) is 0 Å². The Hall–Kier alpha value is -2.89. The Kier molecular flexibility index (Phi) is 5.55. The quantitative estimate of drug-likeness (QED) is 0.711. The van der Waals surface area contributed by atoms with E-state index in [1.165, 1.54) is 0 Å². The second kappa shape index (κ2) is 8.42. The molecule has 28 heavy (non-hydrogen) atoms. The number of aromatic nitrogens is 3. The summed E-state index contributed by atoms with van der Waals surface area (Å²) < 4.78 is 8.13. The Morgan fingerprint density at radius 2 is 1.96 bits per heavy atom. The molecule has 0 saturated heterocycles. The number of para-hydroxylation sites is 2. The van der Waals surface area contributed by atoms with Gasteiger partial charge in [0.25, 0.3) is 0 Å². The second-order valence-electron chi connectivity index (χ2n) is 7.42. The van der Waals surface area contributed by atoms with Crippen LogP contribution in [0.4, 0.5) is 0 Å². The van der Waals surface area contributed by atoms with E-state index in [2.05, 4.69) is 15.3 Å². The number of fused-ring (bicyclic) bond motifs is 1. The molecule has 1 aliphatic rings. The van der Waals surface area contributed by atoms with Crippen LogP contribution < -0.4 is 10.1 Å². The van der Waals surface area contributed by atoms with Gasteiger partial charge in [0.05, 0.1) is 29.2 Å². The van der Waals surface area contributed by atoms with Crippen molar-refractivity contribution in [2.75, 3.05) is 0 Å². The number of ether oxygens (including phenoxy) is 1. The van der Waals surface area contributed by atoms with Crippen LogP contribution in [0.15, 0.2) is 48.9 Å². The maximum absolute atomic E-state index is 12.4. The third-order valence-corrected chi connectivity index (χ3v) is 5.40. The maximum atomic E-state index is 12.4. The van der Waals surface area contributed by atoms with Crippen LogP contribution in [-0.2, 0) is 11.3 Å². The second-order valence-corrected chi connectivity index (χ2v) is 7.42. The molecule has 6 nitrogen and oxygen atoms in total. The number of pyridine rings is 1. The lowest BCUT2D eigenvalue weighted by Crippen LogP contribution is -2.40. The molecule has 2 aromatic heterocycles. The number of benzene rings is 1. The Morgan fingerprint density at radius 3 is 2.79 bits per heavy atom. The van der Waals surface area contributed by atoms with E-state index in [9.17, 15) is 4.79 Å². The predicted octanol–water partition coefficient (Wildman–Crippen LogP) is 3.64. The van der Waals surface area contributed by atoms with Gasteiger partial charge in [-0.3, -0.25) is 9.78 Å². The number of nitrogens with zero attached hydrogens (tertiary/aromatic N) is 3. The van der Waals surface area contributed by atoms with E-state index in [4.69, 9.17) is 4.74 Å². The third-order valence-electron chi connectivity index (χ3n) is 5.40. The smallest absolute Gasteiger partial charge is 0.222 e. The third kappa shape index (κ3) is 4.32. The van der Waals surface area contributed by atoms with Crippen molar-refractivity contribution in [3.63, 3.8) is 0 Å². The number of aryl methyl sites for hydroxylation is 2. The highest BCUT2D eigenvalue weighted by Crippen LogP contribution is 2.25. The summed E-state index contributed by atoms with van der Waals surface area (Å²) in [5, 5.41) is 3.18. The van der Waals surface area contributed by atoms with Crippen molar-refractivity contribution in [3.8, 4) is 5.75 Å². The van der Waals surface area contributed by atoms with Crippen molar-refractivity contribution in [3.05, 3.63) is 54.6 Å². The van der Waals surface area contributed by atoms with E-state index in [1.807, 2.05) is 47.9 Å². The van der Waals surface area contributed by atoms with Crippen molar-refractivity contribution in [2.24, 2.45) is 0 Å². The largest absolute Gasteiger partial charge is 0.489 e. The average Bonchev–Trinajstić information content (AvgIpc) is 3.13. The van der Waals surface area contributed by atoms with Crippen LogP contribution in [0.3, 0.4) is 0 Å². The molecule has 0 atom stereocenters. The standard InChI is InChI=1S/C22H26N4O2/c1-16-21(7-4-13-23-16)28-18-10-8-17(9-11-18)25-22(27)12-14-26-15-24-19-5-2-3-6-20(19)26/h2-7,13,15,17-18H,8-12,14H2,1H3,(H,25,27). The molecular formula is C22H26N4O2. The van der Waals surface area contributed by atoms with Gasteiger partial charge in [-0.05, 0) is 56.9 Å². The number of nitrogens with one attached hydrogen (secondary N) is 1. The number of hydrogen-bond acceptors (Lipinski definition) is 4. The van der Waals surface area contributed by atoms with Crippen LogP contribution in [-0.4, -0.2) is 32.6 Å². The zero-order valence-corrected chi connectivity index (χ0v) is 16.2. The summed E-state index contributed by atoms with van der Waals surface area (Å²) in [6.45, 7) is 2.61. The minimum Gasteiger partial charge on any atom is -0.489 e. The number of imidazole rings is 1. The molecule has 0 spiro atoms. The van der Waals surface area contributed by atoms with E-state index in [0.29, 0.717) is 13.0 Å². The first-order valence-corrected chi connectivity index (χ1v) is 9.96. The normalized spacial score (nSPS) is 19.5. The molecule has 0 aliphatic heterocycles. The number of carbonyl (C=O) groups is 1. The average molecular weight is 378 g/mol. The summed E-state index contributed by atoms with van der Waals surface area (Å²) in [6, 6.07) is 12.1. The Balaban J connectivity index is 1.22. The lowest BCUT2D eigenvalue weighted by Gasteiger charge is -2.29. The first kappa shape index (κ1) is 18.5. The molecule has 0 bridgehead atoms. The lowest BCUT2D eigenvalue weighted by molar-refractivity contribution is -0.122. The van der Waals surface area contributed by atoms with Crippen molar-refractivity contribution >= 4 is 16.9 Å². The van der Waals surface area contributed by atoms with Crippen LogP contribution in [0, 0.1) is 6.92 Å². The van der Waals surface area contributed by atoms with Crippen molar-refractivity contribution in [2.45, 2.75) is 57.7 Å². The first-order chi connectivity index (χ1) is 13.7. The Morgan fingerprint density at radius 1 is 1.14 bits per heavy atom. The van der Waals surface area contributed by atoms with Crippen LogP contribution in [0.1, 0.15) is 37.8 Å². The molecule has 0 radical (unpaired) electrons. The first-order valence-electron chi connectivity index (χ1n) is 9.96. The summed E-state index contributed by atoms with van der Waals surface area (Å²) in [5.41, 5.74) is 2.95. The molecule has 146 valence electrons. The van der Waals surface area contributed by atoms with Gasteiger partial charge in [-0.15, -0.1) is 0 Å². The number of carbonyl (C=O) groups excluding carboxylic acids is 1. The van der Waals surface area contributed by atoms with Crippen molar-refractivity contribution < 1.29 is 9.53 Å². The van der Waals surface area contributed by atoms with Crippen LogP contribution in [0.5, 0.6) is 5.75 Å². The summed E-state index contributed by atoms with van der Waals surface area (Å²) >= 11 is 0. The van der Waals surface area contributed by atoms with E-state index >= 15 is 0 Å². The molecule has 1 aromatic carbocycles. The molecule has 1 fully saturated rings. The van der Waals surface area contributed by atoms with Gasteiger partial charge in [0.2, 0.25) is 5.91 Å². The fourth-order valence-corrected chi connectivity index (χ4v) is 3.81. The van der Waals surface area contributed by atoms with E-state index in [-0.39, 0.29) is 18.1 Å². The highest BCUT2D eigenvalue weighted by Gasteiger charge is 2.24. The molecule has 2 heterocycles. The molecule has 4 rings (SSSR count). The van der Waals surface area contributed by atoms with Gasteiger partial charge < -0.3 is 14.6 Å². The highest BCUT2D eigenvalue weighted by molar-refractivity contribution is 5.77. The minimum absolute atomic E-state index is 0.102. The van der Waals surface area contributed by atoms with Gasteiger partial charge in [0.1, 0.15) is 5.75 Å². The molecule has 1 amide bonds. The molecule has 1 aliphatic carbocycles. The number of hydrogen-bond donors (Lipinski definition) is 1. The molecule has 3 aromatic rings. The van der Waals surface area contributed by atoms with E-state index in [1.54, 1.807) is 12.5 Å². The number of amides is 1. The zero-order chi connectivity index (χ0) is 19.3. The van der Waals surface area contributed by atoms with Crippen molar-refractivity contribution in [1.29, 1.82) is 0 Å². The molecule has 0 unspecified atom stereocenters. The van der Waals surface area contributed by atoms with Crippen LogP contribution >= 0.6 is 0 Å². The minimum atomic E-state index is 0.102. The zero-order valence-electron chi connectivity index (χ0n) is 16.2. The van der Waals surface area contributed by atoms with Gasteiger partial charge in [0.15, 0.2) is 0 Å². The fourth-order valence-electron chi connectivity index (χ4n) is 3.81. The molecule has 1 N–H and O–H groups in total. The maximum Gasteiger partial charge on any atom is 0.222 e. The van der Waals surface area contributed by atoms with Gasteiger partial charge >= 0.3 is 0 Å². The SMILES string of the molecule is Cc1ncccc1OC1CCC(NC(=O)CCn2cnc3ccccc32)CC1. The van der Waals surface area contributed by atoms with E-state index < -0.39 is 0 Å². The van der Waals surface area contributed by atoms with Gasteiger partial charge in [0, 0.05) is 25.2 Å². The molecule has 6 heteroatoms. The summed E-state index contributed by atoms with van der Waals surface area (Å²) in [6.07, 6.45) is 8.05. The Bertz CT molecular complexity index is 944. The van der Waals surface area contributed by atoms with Crippen LogP contribution in [0.25, 0.3) is 11.0 Å². The highest BCUT2D eigenvalue weighted by atomic mass is 16.5. The van der Waals surface area contributed by atoms with Gasteiger partial charge in [-0.1, -0.05) is 12.1 Å². The monoisotopic (exact) mass is 378 g/mol. The summed E-state index contributed by atoms with van der Waals surface area (Å²) in [5.74, 6) is 0.966.